The lowest BCUT2D eigenvalue weighted by Gasteiger charge is -2.27. The second-order valence-electron chi connectivity index (χ2n) is 7.30. The average molecular weight is 451 g/mol. The summed E-state index contributed by atoms with van der Waals surface area (Å²) in [5.41, 5.74) is 3.45. The minimum absolute atomic E-state index is 0. The van der Waals surface area contributed by atoms with Gasteiger partial charge in [-0.05, 0) is 42.3 Å². The van der Waals surface area contributed by atoms with E-state index in [9.17, 15) is 9.59 Å². The molecule has 1 aromatic rings. The molecule has 27 heavy (non-hydrogen) atoms. The van der Waals surface area contributed by atoms with Crippen LogP contribution >= 0.6 is 26.2 Å². The van der Waals surface area contributed by atoms with Gasteiger partial charge in [0, 0.05) is 12.3 Å². The quantitative estimate of drug-likeness (QED) is 0.372. The third kappa shape index (κ3) is 5.49. The predicted molar refractivity (Wildman–Crippen MR) is 120 cm³/mol. The Morgan fingerprint density at radius 3 is 2.48 bits per heavy atom. The Labute approximate surface area is 174 Å². The summed E-state index contributed by atoms with van der Waals surface area (Å²) in [4.78, 5) is 23.8. The molecule has 0 bridgehead atoms. The maximum absolute atomic E-state index is 12.5. The number of carbonyl (C=O) groups excluding carboxylic acids is 2. The van der Waals surface area contributed by atoms with Crippen LogP contribution in [0.3, 0.4) is 0 Å². The Morgan fingerprint density at radius 1 is 1.26 bits per heavy atom. The average Bonchev–Trinajstić information content (AvgIpc) is 2.72. The third-order valence-electron chi connectivity index (χ3n) is 4.86. The molecule has 0 aromatic heterocycles. The van der Waals surface area contributed by atoms with Gasteiger partial charge in [0.25, 0.3) is 0 Å². The molecule has 1 aliphatic carbocycles. The molecule has 146 valence electrons. The summed E-state index contributed by atoms with van der Waals surface area (Å²) >= 11 is 0. The van der Waals surface area contributed by atoms with Gasteiger partial charge < -0.3 is 4.74 Å². The maximum atomic E-state index is 12.5. The van der Waals surface area contributed by atoms with E-state index >= 15 is 0 Å². The van der Waals surface area contributed by atoms with Crippen LogP contribution < -0.4 is 5.30 Å². The highest BCUT2D eigenvalue weighted by Crippen LogP contribution is 2.43. The van der Waals surface area contributed by atoms with Crippen LogP contribution in [0.5, 0.6) is 0 Å². The van der Waals surface area contributed by atoms with Crippen LogP contribution in [-0.2, 0) is 20.7 Å². The molecule has 0 heterocycles. The van der Waals surface area contributed by atoms with Gasteiger partial charge in [-0.1, -0.05) is 61.9 Å². The topological polar surface area (TPSA) is 43.4 Å². The Morgan fingerprint density at radius 2 is 1.89 bits per heavy atom. The van der Waals surface area contributed by atoms with E-state index < -0.39 is 17.5 Å². The van der Waals surface area contributed by atoms with E-state index in [1.165, 1.54) is 17.8 Å². The summed E-state index contributed by atoms with van der Waals surface area (Å²) in [7, 11) is 2.76. The molecule has 0 aliphatic heterocycles. The van der Waals surface area contributed by atoms with Gasteiger partial charge in [-0.2, -0.15) is 0 Å². The summed E-state index contributed by atoms with van der Waals surface area (Å²) in [6.45, 7) is 9.07. The largest absolute Gasteiger partial charge is 0.453 e. The standard InChI is InChI=1S/C22H27O3P.BrH/c1-14(10-12-17-8-6-7-9-19(17)26)11-13-18-15(2)20(24)21(22(18,4)5)25-16(3)23;/h6-11,13,21H,12,26H2,1-5H3;1H. The highest BCUT2D eigenvalue weighted by Gasteiger charge is 2.47. The van der Waals surface area contributed by atoms with Crippen molar-refractivity contribution in [1.82, 2.24) is 0 Å². The smallest absolute Gasteiger partial charge is 0.303 e. The van der Waals surface area contributed by atoms with Crippen LogP contribution in [-0.4, -0.2) is 17.9 Å². The first-order valence-corrected chi connectivity index (χ1v) is 9.33. The number of Topliss-reactive ketones (excluding diaryl/α,β-unsaturated/α-hetero) is 1. The van der Waals surface area contributed by atoms with E-state index in [0.717, 1.165) is 17.6 Å². The molecule has 1 aromatic carbocycles. The van der Waals surface area contributed by atoms with Crippen molar-refractivity contribution < 1.29 is 14.3 Å². The van der Waals surface area contributed by atoms with Crippen LogP contribution in [0, 0.1) is 5.41 Å². The second kappa shape index (κ2) is 9.61. The lowest BCUT2D eigenvalue weighted by Crippen LogP contribution is -2.35. The zero-order valence-corrected chi connectivity index (χ0v) is 19.4. The number of benzene rings is 1. The number of hydrogen-bond donors (Lipinski definition) is 0. The van der Waals surface area contributed by atoms with Crippen molar-refractivity contribution in [3.05, 3.63) is 64.8 Å². The Hall–Kier alpha value is -1.51. The zero-order valence-electron chi connectivity index (χ0n) is 16.5. The number of hydrogen-bond acceptors (Lipinski definition) is 3. The Bertz CT molecular complexity index is 819. The van der Waals surface area contributed by atoms with Gasteiger partial charge in [-0.25, -0.2) is 0 Å². The van der Waals surface area contributed by atoms with Gasteiger partial charge in [0.05, 0.1) is 0 Å². The number of carbonyl (C=O) groups is 2. The lowest BCUT2D eigenvalue weighted by atomic mass is 9.82. The van der Waals surface area contributed by atoms with Gasteiger partial charge in [-0.15, -0.1) is 26.2 Å². The van der Waals surface area contributed by atoms with E-state index in [4.69, 9.17) is 4.74 Å². The molecule has 0 radical (unpaired) electrons. The van der Waals surface area contributed by atoms with Crippen LogP contribution in [0.2, 0.25) is 0 Å². The van der Waals surface area contributed by atoms with Crippen LogP contribution in [0.15, 0.2) is 59.2 Å². The third-order valence-corrected chi connectivity index (χ3v) is 5.42. The molecule has 1 aliphatic rings. The molecule has 0 fully saturated rings. The Kier molecular flexibility index (Phi) is 8.38. The molecule has 0 amide bonds. The monoisotopic (exact) mass is 450 g/mol. The van der Waals surface area contributed by atoms with E-state index in [1.807, 2.05) is 45.1 Å². The van der Waals surface area contributed by atoms with Crippen molar-refractivity contribution in [2.24, 2.45) is 5.41 Å². The van der Waals surface area contributed by atoms with E-state index in [-0.39, 0.29) is 22.8 Å². The molecular weight excluding hydrogens is 423 g/mol. The Balaban J connectivity index is 0.00000364. The SMILES string of the molecule is Br.CC(=O)OC1C(=O)C(C)=C(C=CC(C)=CCc2ccccc2P)C1(C)C. The molecule has 2 rings (SSSR count). The number of ether oxygens (including phenoxy) is 1. The fourth-order valence-corrected chi connectivity index (χ4v) is 3.59. The minimum Gasteiger partial charge on any atom is -0.453 e. The summed E-state index contributed by atoms with van der Waals surface area (Å²) < 4.78 is 5.28. The maximum Gasteiger partial charge on any atom is 0.303 e. The molecule has 0 N–H and O–H groups in total. The first-order valence-electron chi connectivity index (χ1n) is 8.75. The molecule has 0 spiro atoms. The summed E-state index contributed by atoms with van der Waals surface area (Å²) in [6, 6.07) is 8.26. The first-order chi connectivity index (χ1) is 12.1. The van der Waals surface area contributed by atoms with Crippen molar-refractivity contribution in [3.63, 3.8) is 0 Å². The van der Waals surface area contributed by atoms with Crippen LogP contribution in [0.4, 0.5) is 0 Å². The number of allylic oxidation sites excluding steroid dienone is 4. The number of ketones is 1. The molecule has 2 unspecified atom stereocenters. The second-order valence-corrected chi connectivity index (χ2v) is 7.92. The van der Waals surface area contributed by atoms with E-state index in [0.29, 0.717) is 5.57 Å². The van der Waals surface area contributed by atoms with Crippen molar-refractivity contribution in [2.45, 2.75) is 47.1 Å². The number of halogens is 1. The van der Waals surface area contributed by atoms with Gasteiger partial charge >= 0.3 is 5.97 Å². The summed E-state index contributed by atoms with van der Waals surface area (Å²) in [5.74, 6) is -0.537. The molecule has 0 saturated heterocycles. The van der Waals surface area contributed by atoms with Crippen molar-refractivity contribution in [3.8, 4) is 0 Å². The number of esters is 1. The fourth-order valence-electron chi connectivity index (χ4n) is 3.26. The van der Waals surface area contributed by atoms with E-state index in [2.05, 4.69) is 27.4 Å². The van der Waals surface area contributed by atoms with Crippen molar-refractivity contribution in [1.29, 1.82) is 0 Å². The molecule has 0 saturated carbocycles. The minimum atomic E-state index is -0.743. The molecule has 3 nitrogen and oxygen atoms in total. The zero-order chi connectivity index (χ0) is 19.5. The lowest BCUT2D eigenvalue weighted by molar-refractivity contribution is -0.155. The summed E-state index contributed by atoms with van der Waals surface area (Å²) in [5, 5.41) is 1.20. The number of rotatable bonds is 5. The van der Waals surface area contributed by atoms with Gasteiger partial charge in [0.1, 0.15) is 0 Å². The molecular formula is C22H28BrO3P. The highest BCUT2D eigenvalue weighted by atomic mass is 79.9. The van der Waals surface area contributed by atoms with Crippen molar-refractivity contribution >= 4 is 43.3 Å². The van der Waals surface area contributed by atoms with Gasteiger partial charge in [-0.3, -0.25) is 9.59 Å². The fraction of sp³-hybridized carbons (Fsp3) is 0.364. The van der Waals surface area contributed by atoms with Crippen LogP contribution in [0.25, 0.3) is 0 Å². The van der Waals surface area contributed by atoms with Gasteiger partial charge in [0.15, 0.2) is 11.9 Å². The first kappa shape index (κ1) is 23.5. The summed E-state index contributed by atoms with van der Waals surface area (Å²) in [6.07, 6.45) is 6.28. The van der Waals surface area contributed by atoms with Crippen LogP contribution in [0.1, 0.15) is 40.2 Å². The van der Waals surface area contributed by atoms with Crippen molar-refractivity contribution in [2.75, 3.05) is 0 Å². The normalized spacial score (nSPS) is 19.4. The van der Waals surface area contributed by atoms with E-state index in [1.54, 1.807) is 6.92 Å². The highest BCUT2D eigenvalue weighted by molar-refractivity contribution is 8.93. The molecule has 2 atom stereocenters. The molecule has 5 heteroatoms. The predicted octanol–water partition coefficient (Wildman–Crippen LogP) is 4.67. The van der Waals surface area contributed by atoms with Gasteiger partial charge in [0.2, 0.25) is 0 Å².